The number of hydrogen-bond acceptors (Lipinski definition) is 4. The van der Waals surface area contributed by atoms with Crippen LogP contribution in [0.2, 0.25) is 0 Å². The Kier molecular flexibility index (Phi) is 4.56. The summed E-state index contributed by atoms with van der Waals surface area (Å²) >= 11 is 1.09. The summed E-state index contributed by atoms with van der Waals surface area (Å²) in [5, 5.41) is 6.85. The number of hydrogen-bond donors (Lipinski definition) is 1. The van der Waals surface area contributed by atoms with Crippen LogP contribution in [0, 0.1) is 0 Å². The van der Waals surface area contributed by atoms with E-state index in [1.807, 2.05) is 60.7 Å². The number of allylic oxidation sites excluding steroid dienone is 1. The molecular formula is C17H14N2O2S. The minimum absolute atomic E-state index is 0.166. The van der Waals surface area contributed by atoms with E-state index in [9.17, 15) is 4.79 Å². The molecule has 0 fully saturated rings. The van der Waals surface area contributed by atoms with E-state index in [2.05, 4.69) is 10.5 Å². The number of benzene rings is 2. The van der Waals surface area contributed by atoms with Crippen molar-refractivity contribution in [3.05, 3.63) is 82.8 Å². The molecule has 3 rings (SSSR count). The summed E-state index contributed by atoms with van der Waals surface area (Å²) < 4.78 is 5.04. The first kappa shape index (κ1) is 14.4. The zero-order valence-electron chi connectivity index (χ0n) is 11.7. The van der Waals surface area contributed by atoms with Gasteiger partial charge in [-0.15, -0.1) is 0 Å². The molecule has 110 valence electrons. The molecule has 5 heteroatoms. The van der Waals surface area contributed by atoms with Crippen LogP contribution in [0.5, 0.6) is 0 Å². The SMILES string of the molecule is O=C(/C=C1\SON=C1c1ccccc1)NCc1ccccc1. The van der Waals surface area contributed by atoms with Crippen LogP contribution >= 0.6 is 12.0 Å². The maximum atomic E-state index is 12.0. The number of carbonyl (C=O) groups excluding carboxylic acids is 1. The highest BCUT2D eigenvalue weighted by Crippen LogP contribution is 2.29. The molecule has 2 aromatic rings. The summed E-state index contributed by atoms with van der Waals surface area (Å²) in [6.07, 6.45) is 1.52. The maximum absolute atomic E-state index is 12.0. The topological polar surface area (TPSA) is 50.7 Å². The molecule has 0 aromatic heterocycles. The third kappa shape index (κ3) is 3.56. The molecule has 1 aliphatic heterocycles. The van der Waals surface area contributed by atoms with E-state index in [0.717, 1.165) is 23.2 Å². The second-order valence-electron chi connectivity index (χ2n) is 4.68. The van der Waals surface area contributed by atoms with Crippen LogP contribution in [0.4, 0.5) is 0 Å². The predicted molar refractivity (Wildman–Crippen MR) is 88.0 cm³/mol. The molecule has 1 heterocycles. The largest absolute Gasteiger partial charge is 0.348 e. The van der Waals surface area contributed by atoms with E-state index < -0.39 is 0 Å². The van der Waals surface area contributed by atoms with Crippen molar-refractivity contribution in [3.63, 3.8) is 0 Å². The monoisotopic (exact) mass is 310 g/mol. The molecule has 1 N–H and O–H groups in total. The normalized spacial score (nSPS) is 15.3. The van der Waals surface area contributed by atoms with Gasteiger partial charge in [0.1, 0.15) is 17.8 Å². The third-order valence-electron chi connectivity index (χ3n) is 3.11. The minimum Gasteiger partial charge on any atom is -0.348 e. The summed E-state index contributed by atoms with van der Waals surface area (Å²) in [6, 6.07) is 19.4. The van der Waals surface area contributed by atoms with Gasteiger partial charge in [-0.3, -0.25) is 4.79 Å². The van der Waals surface area contributed by atoms with E-state index in [-0.39, 0.29) is 5.91 Å². The van der Waals surface area contributed by atoms with Crippen LogP contribution in [0.25, 0.3) is 0 Å². The highest BCUT2D eigenvalue weighted by Gasteiger charge is 2.20. The molecule has 1 aliphatic rings. The molecule has 0 spiro atoms. The Bertz CT molecular complexity index is 712. The fourth-order valence-electron chi connectivity index (χ4n) is 2.02. The summed E-state index contributed by atoms with van der Waals surface area (Å²) in [6.45, 7) is 0.493. The van der Waals surface area contributed by atoms with Crippen LogP contribution < -0.4 is 5.32 Å². The smallest absolute Gasteiger partial charge is 0.245 e. The molecule has 0 radical (unpaired) electrons. The Morgan fingerprint density at radius 2 is 1.77 bits per heavy atom. The predicted octanol–water partition coefficient (Wildman–Crippen LogP) is 3.27. The third-order valence-corrected chi connectivity index (χ3v) is 3.75. The number of oxime groups is 1. The molecule has 22 heavy (non-hydrogen) atoms. The van der Waals surface area contributed by atoms with Crippen molar-refractivity contribution in [1.82, 2.24) is 5.32 Å². The lowest BCUT2D eigenvalue weighted by molar-refractivity contribution is -0.116. The van der Waals surface area contributed by atoms with E-state index in [0.29, 0.717) is 17.2 Å². The molecule has 0 saturated heterocycles. The first-order chi connectivity index (χ1) is 10.8. The van der Waals surface area contributed by atoms with Crippen molar-refractivity contribution in [1.29, 1.82) is 0 Å². The minimum atomic E-state index is -0.166. The van der Waals surface area contributed by atoms with Gasteiger partial charge in [-0.1, -0.05) is 65.8 Å². The Morgan fingerprint density at radius 1 is 1.09 bits per heavy atom. The number of rotatable bonds is 4. The second kappa shape index (κ2) is 6.95. The Labute approximate surface area is 133 Å². The van der Waals surface area contributed by atoms with Gasteiger partial charge in [0.05, 0.1) is 4.91 Å². The molecule has 2 aromatic carbocycles. The molecule has 0 atom stereocenters. The van der Waals surface area contributed by atoms with Crippen LogP contribution in [0.1, 0.15) is 11.1 Å². The maximum Gasteiger partial charge on any atom is 0.245 e. The number of amides is 1. The van der Waals surface area contributed by atoms with Gasteiger partial charge in [-0.05, 0) is 5.56 Å². The number of carbonyl (C=O) groups is 1. The molecule has 1 amide bonds. The number of nitrogens with zero attached hydrogens (tertiary/aromatic N) is 1. The van der Waals surface area contributed by atoms with Gasteiger partial charge >= 0.3 is 0 Å². The lowest BCUT2D eigenvalue weighted by Gasteiger charge is -2.03. The van der Waals surface area contributed by atoms with Gasteiger partial charge in [0.25, 0.3) is 0 Å². The van der Waals surface area contributed by atoms with Crippen LogP contribution in [0.3, 0.4) is 0 Å². The zero-order chi connectivity index (χ0) is 15.2. The molecule has 0 saturated carbocycles. The fourth-order valence-corrected chi connectivity index (χ4v) is 2.60. The Hall–Kier alpha value is -2.53. The van der Waals surface area contributed by atoms with Crippen molar-refractivity contribution in [2.75, 3.05) is 0 Å². The standard InChI is InChI=1S/C17H14N2O2S/c20-16(18-12-13-7-3-1-4-8-13)11-15-17(19-21-22-15)14-9-5-2-6-10-14/h1-11H,12H2,(H,18,20)/b15-11-. The average Bonchev–Trinajstić information content (AvgIpc) is 3.03. The molecular weight excluding hydrogens is 296 g/mol. The lowest BCUT2D eigenvalue weighted by Crippen LogP contribution is -2.21. The van der Waals surface area contributed by atoms with Crippen LogP contribution in [-0.4, -0.2) is 11.6 Å². The van der Waals surface area contributed by atoms with E-state index >= 15 is 0 Å². The first-order valence-corrected chi connectivity index (χ1v) is 7.58. The average molecular weight is 310 g/mol. The van der Waals surface area contributed by atoms with Gasteiger partial charge < -0.3 is 9.60 Å². The van der Waals surface area contributed by atoms with E-state index in [4.69, 9.17) is 4.28 Å². The highest BCUT2D eigenvalue weighted by atomic mass is 32.2. The van der Waals surface area contributed by atoms with Crippen molar-refractivity contribution >= 4 is 23.7 Å². The van der Waals surface area contributed by atoms with Crippen LogP contribution in [-0.2, 0) is 15.6 Å². The lowest BCUT2D eigenvalue weighted by atomic mass is 10.1. The summed E-state index contributed by atoms with van der Waals surface area (Å²) in [5.74, 6) is -0.166. The van der Waals surface area contributed by atoms with Crippen LogP contribution in [0.15, 0.2) is 76.8 Å². The van der Waals surface area contributed by atoms with Crippen molar-refractivity contribution in [2.45, 2.75) is 6.54 Å². The Morgan fingerprint density at radius 3 is 2.50 bits per heavy atom. The van der Waals surface area contributed by atoms with Crippen molar-refractivity contribution in [3.8, 4) is 0 Å². The molecule has 0 unspecified atom stereocenters. The first-order valence-electron chi connectivity index (χ1n) is 6.84. The highest BCUT2D eigenvalue weighted by molar-refractivity contribution is 7.99. The molecule has 0 aliphatic carbocycles. The second-order valence-corrected chi connectivity index (χ2v) is 5.43. The fraction of sp³-hybridized carbons (Fsp3) is 0.0588. The van der Waals surface area contributed by atoms with Crippen molar-refractivity contribution in [2.24, 2.45) is 5.16 Å². The number of nitrogens with one attached hydrogen (secondary N) is 1. The Balaban J connectivity index is 1.66. The summed E-state index contributed by atoms with van der Waals surface area (Å²) in [4.78, 5) is 12.7. The quantitative estimate of drug-likeness (QED) is 0.696. The van der Waals surface area contributed by atoms with Gasteiger partial charge in [0.2, 0.25) is 5.91 Å². The van der Waals surface area contributed by atoms with Gasteiger partial charge in [0.15, 0.2) is 0 Å². The molecule has 0 bridgehead atoms. The van der Waals surface area contributed by atoms with E-state index in [1.54, 1.807) is 0 Å². The summed E-state index contributed by atoms with van der Waals surface area (Å²) in [7, 11) is 0. The van der Waals surface area contributed by atoms with Gasteiger partial charge in [0, 0.05) is 18.2 Å². The zero-order valence-corrected chi connectivity index (χ0v) is 12.5. The van der Waals surface area contributed by atoms with Crippen molar-refractivity contribution < 1.29 is 9.08 Å². The van der Waals surface area contributed by atoms with Gasteiger partial charge in [-0.2, -0.15) is 0 Å². The summed E-state index contributed by atoms with van der Waals surface area (Å²) in [5.41, 5.74) is 2.66. The molecule has 4 nitrogen and oxygen atoms in total. The van der Waals surface area contributed by atoms with E-state index in [1.165, 1.54) is 6.08 Å². The van der Waals surface area contributed by atoms with Gasteiger partial charge in [-0.25, -0.2) is 0 Å².